The van der Waals surface area contributed by atoms with Gasteiger partial charge in [-0.15, -0.1) is 4.91 Å². The van der Waals surface area contributed by atoms with Gasteiger partial charge in [-0.1, -0.05) is 45.9 Å². The second kappa shape index (κ2) is 12.6. The molecule has 3 aromatic carbocycles. The van der Waals surface area contributed by atoms with Gasteiger partial charge in [-0.25, -0.2) is 25.7 Å². The minimum atomic E-state index is -5.05. The first kappa shape index (κ1) is 33.9. The molecule has 5 rings (SSSR count). The average molecular weight is 683 g/mol. The summed E-state index contributed by atoms with van der Waals surface area (Å²) in [7, 11) is -12.7. The standard InChI is InChI=1S/C29H39N4O9PS2/c1-18-9-19(2)14-32(13-18)44(38,39)17-22-5-7-24-26(11-22)29(31-42-43(35,36)37)25-8-6-23(12-27(25)28(24)30-34)45(40,41)33-15-20(3)10-21(4)16-33/h5-8,11-12,18-21,31H,9-10,13-17H2,1-4H3,(H2,35,36,37). The minimum Gasteiger partial charge on any atom is -0.301 e. The van der Waals surface area contributed by atoms with Gasteiger partial charge in [-0.2, -0.15) is 8.93 Å². The summed E-state index contributed by atoms with van der Waals surface area (Å²) in [6.45, 7) is 9.53. The van der Waals surface area contributed by atoms with Crippen LogP contribution in [0.3, 0.4) is 0 Å². The van der Waals surface area contributed by atoms with Crippen LogP contribution in [0.15, 0.2) is 46.5 Å². The molecule has 13 nitrogen and oxygen atoms in total. The lowest BCUT2D eigenvalue weighted by atomic mass is 9.94. The van der Waals surface area contributed by atoms with E-state index in [1.54, 1.807) is 6.07 Å². The van der Waals surface area contributed by atoms with Gasteiger partial charge >= 0.3 is 7.82 Å². The molecule has 2 saturated heterocycles. The molecule has 2 heterocycles. The summed E-state index contributed by atoms with van der Waals surface area (Å²) in [5.41, 5.74) is 2.57. The Bertz CT molecular complexity index is 1880. The van der Waals surface area contributed by atoms with Crippen LogP contribution >= 0.6 is 7.82 Å². The van der Waals surface area contributed by atoms with Crippen LogP contribution in [0.4, 0.5) is 11.4 Å². The highest BCUT2D eigenvalue weighted by Gasteiger charge is 2.33. The molecule has 0 aromatic heterocycles. The Kier molecular flexibility index (Phi) is 9.49. The van der Waals surface area contributed by atoms with Crippen LogP contribution in [-0.4, -0.2) is 61.4 Å². The van der Waals surface area contributed by atoms with Crippen molar-refractivity contribution in [2.45, 2.75) is 51.2 Å². The lowest BCUT2D eigenvalue weighted by molar-refractivity contribution is 0.222. The fourth-order valence-electron chi connectivity index (χ4n) is 6.88. The predicted octanol–water partition coefficient (Wildman–Crippen LogP) is 5.30. The topological polar surface area (TPSA) is 183 Å². The number of benzene rings is 3. The first-order valence-electron chi connectivity index (χ1n) is 14.8. The van der Waals surface area contributed by atoms with Crippen molar-refractivity contribution in [2.75, 3.05) is 31.7 Å². The minimum absolute atomic E-state index is 0.0133. The van der Waals surface area contributed by atoms with E-state index in [0.29, 0.717) is 31.7 Å². The van der Waals surface area contributed by atoms with E-state index in [9.17, 15) is 36.1 Å². The Balaban J connectivity index is 1.64. The highest BCUT2D eigenvalue weighted by Crippen LogP contribution is 2.45. The van der Waals surface area contributed by atoms with Gasteiger partial charge in [0.05, 0.1) is 16.3 Å². The molecule has 2 aliphatic rings. The SMILES string of the molecule is CC1CC(C)CN(S(=O)(=O)Cc2ccc3c(N=O)c4cc(S(=O)(=O)N5CC(C)CC(C)C5)ccc4c(NOP(=O)(O)O)c3c2)C1. The van der Waals surface area contributed by atoms with E-state index < -0.39 is 27.9 Å². The summed E-state index contributed by atoms with van der Waals surface area (Å²) in [6, 6.07) is 8.64. The first-order chi connectivity index (χ1) is 21.0. The molecule has 2 fully saturated rings. The molecular formula is C29H39N4O9PS2. The van der Waals surface area contributed by atoms with Crippen molar-refractivity contribution in [3.63, 3.8) is 0 Å². The van der Waals surface area contributed by atoms with E-state index in [1.165, 1.54) is 38.9 Å². The Hall–Kier alpha value is -2.49. The molecule has 0 radical (unpaired) electrons. The van der Waals surface area contributed by atoms with Crippen LogP contribution in [-0.2, 0) is 35.0 Å². The fourth-order valence-corrected chi connectivity index (χ4v) is 10.5. The molecule has 0 amide bonds. The molecule has 3 aromatic rings. The van der Waals surface area contributed by atoms with Crippen LogP contribution < -0.4 is 5.48 Å². The number of nitroso groups, excluding NO2 is 1. The molecule has 246 valence electrons. The Morgan fingerprint density at radius 3 is 1.93 bits per heavy atom. The van der Waals surface area contributed by atoms with Gasteiger partial charge in [0.1, 0.15) is 5.69 Å². The summed E-state index contributed by atoms with van der Waals surface area (Å²) in [6.07, 6.45) is 1.84. The van der Waals surface area contributed by atoms with Gasteiger partial charge in [-0.3, -0.25) is 5.48 Å². The van der Waals surface area contributed by atoms with Crippen LogP contribution in [0, 0.1) is 28.6 Å². The number of nitrogens with one attached hydrogen (secondary N) is 1. The van der Waals surface area contributed by atoms with Crippen LogP contribution in [0.1, 0.15) is 46.1 Å². The number of hydrogen-bond donors (Lipinski definition) is 3. The maximum Gasteiger partial charge on any atom is 0.491 e. The van der Waals surface area contributed by atoms with Crippen molar-refractivity contribution in [3.05, 3.63) is 46.9 Å². The van der Waals surface area contributed by atoms with Gasteiger partial charge in [0, 0.05) is 47.7 Å². The van der Waals surface area contributed by atoms with E-state index in [1.807, 2.05) is 27.7 Å². The molecule has 3 N–H and O–H groups in total. The number of anilines is 1. The van der Waals surface area contributed by atoms with E-state index in [2.05, 4.69) is 15.3 Å². The predicted molar refractivity (Wildman–Crippen MR) is 173 cm³/mol. The number of fused-ring (bicyclic) bond motifs is 2. The van der Waals surface area contributed by atoms with Crippen molar-refractivity contribution in [2.24, 2.45) is 28.8 Å². The van der Waals surface area contributed by atoms with E-state index in [0.717, 1.165) is 12.8 Å². The van der Waals surface area contributed by atoms with E-state index in [-0.39, 0.29) is 67.2 Å². The third-order valence-corrected chi connectivity index (χ3v) is 12.5. The van der Waals surface area contributed by atoms with Gasteiger partial charge in [-0.05, 0) is 65.5 Å². The molecule has 0 aliphatic carbocycles. The van der Waals surface area contributed by atoms with Crippen molar-refractivity contribution < 1.29 is 35.8 Å². The zero-order valence-electron chi connectivity index (χ0n) is 25.6. The highest BCUT2D eigenvalue weighted by molar-refractivity contribution is 7.89. The van der Waals surface area contributed by atoms with Crippen molar-refractivity contribution in [3.8, 4) is 0 Å². The smallest absolute Gasteiger partial charge is 0.301 e. The lowest BCUT2D eigenvalue weighted by Gasteiger charge is -2.34. The summed E-state index contributed by atoms with van der Waals surface area (Å²) in [5.74, 6) is 0.417. The normalized spacial score (nSPS) is 24.2. The highest BCUT2D eigenvalue weighted by atomic mass is 32.2. The summed E-state index contributed by atoms with van der Waals surface area (Å²) in [4.78, 5) is 31.1. The van der Waals surface area contributed by atoms with Gasteiger partial charge in [0.25, 0.3) is 0 Å². The molecule has 2 aliphatic heterocycles. The van der Waals surface area contributed by atoms with Gasteiger partial charge < -0.3 is 9.79 Å². The molecule has 4 unspecified atom stereocenters. The zero-order chi connectivity index (χ0) is 32.9. The number of hydrogen-bond acceptors (Lipinski definition) is 9. The summed E-state index contributed by atoms with van der Waals surface area (Å²) < 4.78 is 73.4. The number of nitrogens with zero attached hydrogens (tertiary/aromatic N) is 3. The maximum atomic E-state index is 13.7. The lowest BCUT2D eigenvalue weighted by Crippen LogP contribution is -2.43. The molecule has 0 bridgehead atoms. The van der Waals surface area contributed by atoms with Crippen LogP contribution in [0.2, 0.25) is 0 Å². The third-order valence-electron chi connectivity index (χ3n) is 8.53. The number of rotatable bonds is 9. The molecule has 0 spiro atoms. The Labute approximate surface area is 263 Å². The van der Waals surface area contributed by atoms with Crippen LogP contribution in [0.5, 0.6) is 0 Å². The van der Waals surface area contributed by atoms with Gasteiger partial charge in [0.15, 0.2) is 0 Å². The number of sulfonamides is 2. The third kappa shape index (κ3) is 7.25. The molecule has 0 saturated carbocycles. The summed E-state index contributed by atoms with van der Waals surface area (Å²) >= 11 is 0. The average Bonchev–Trinajstić information content (AvgIpc) is 2.93. The summed E-state index contributed by atoms with van der Waals surface area (Å²) in [5, 5.41) is 3.97. The molecule has 45 heavy (non-hydrogen) atoms. The fraction of sp³-hybridized carbons (Fsp3) is 0.517. The quantitative estimate of drug-likeness (QED) is 0.116. The monoisotopic (exact) mass is 682 g/mol. The van der Waals surface area contributed by atoms with Crippen molar-refractivity contribution in [1.82, 2.24) is 8.61 Å². The van der Waals surface area contributed by atoms with Crippen LogP contribution in [0.25, 0.3) is 21.5 Å². The maximum absolute atomic E-state index is 13.7. The largest absolute Gasteiger partial charge is 0.491 e. The van der Waals surface area contributed by atoms with E-state index >= 15 is 0 Å². The first-order valence-corrected chi connectivity index (χ1v) is 19.4. The number of phosphoric acid groups is 1. The van der Waals surface area contributed by atoms with Crippen molar-refractivity contribution in [1.29, 1.82) is 0 Å². The number of piperidine rings is 2. The van der Waals surface area contributed by atoms with Crippen molar-refractivity contribution >= 4 is 60.8 Å². The Morgan fingerprint density at radius 1 is 0.822 bits per heavy atom. The van der Waals surface area contributed by atoms with E-state index in [4.69, 9.17) is 0 Å². The second-order valence-electron chi connectivity index (χ2n) is 12.9. The van der Waals surface area contributed by atoms with Gasteiger partial charge in [0.2, 0.25) is 20.0 Å². The molecule has 4 atom stereocenters. The molecular weight excluding hydrogens is 643 g/mol. The zero-order valence-corrected chi connectivity index (χ0v) is 28.1. The second-order valence-corrected chi connectivity index (χ2v) is 17.9. The Morgan fingerprint density at radius 2 is 1.38 bits per heavy atom. The molecule has 16 heteroatoms.